The highest BCUT2D eigenvalue weighted by Gasteiger charge is 2.45. The van der Waals surface area contributed by atoms with Crippen LogP contribution in [0.4, 0.5) is 0 Å². The summed E-state index contributed by atoms with van der Waals surface area (Å²) < 4.78 is 6.01. The van der Waals surface area contributed by atoms with Gasteiger partial charge in [-0.05, 0) is 42.1 Å². The fourth-order valence-electron chi connectivity index (χ4n) is 4.83. The molecule has 4 atom stereocenters. The van der Waals surface area contributed by atoms with Crippen molar-refractivity contribution in [3.63, 3.8) is 0 Å². The number of carbonyl (C=O) groups is 1. The van der Waals surface area contributed by atoms with E-state index in [2.05, 4.69) is 46.8 Å². The van der Waals surface area contributed by atoms with Crippen molar-refractivity contribution >= 4 is 5.97 Å². The van der Waals surface area contributed by atoms with E-state index < -0.39 is 0 Å². The predicted octanol–water partition coefficient (Wildman–Crippen LogP) is 6.35. The number of carbonyl (C=O) groups excluding carboxylic acids is 1. The summed E-state index contributed by atoms with van der Waals surface area (Å²) in [6.07, 6.45) is 6.59. The third kappa shape index (κ3) is 4.86. The Morgan fingerprint density at radius 3 is 2.48 bits per heavy atom. The van der Waals surface area contributed by atoms with Crippen LogP contribution < -0.4 is 0 Å². The van der Waals surface area contributed by atoms with Crippen molar-refractivity contribution in [1.29, 1.82) is 0 Å². The maximum atomic E-state index is 13.3. The van der Waals surface area contributed by atoms with Crippen molar-refractivity contribution in [3.05, 3.63) is 35.9 Å². The Labute approximate surface area is 154 Å². The molecule has 0 spiro atoms. The van der Waals surface area contributed by atoms with E-state index >= 15 is 0 Å². The monoisotopic (exact) mass is 344 g/mol. The highest BCUT2D eigenvalue weighted by molar-refractivity contribution is 5.79. The summed E-state index contributed by atoms with van der Waals surface area (Å²) in [6.45, 7) is 11.2. The minimum atomic E-state index is -0.155. The molecule has 0 aliphatic heterocycles. The van der Waals surface area contributed by atoms with Crippen LogP contribution in [-0.2, 0) is 9.53 Å². The lowest BCUT2D eigenvalue weighted by molar-refractivity contribution is -0.156. The van der Waals surface area contributed by atoms with E-state index in [-0.39, 0.29) is 23.4 Å². The molecule has 1 aromatic rings. The quantitative estimate of drug-likeness (QED) is 0.538. The van der Waals surface area contributed by atoms with E-state index in [1.807, 2.05) is 18.2 Å². The van der Waals surface area contributed by atoms with Crippen LogP contribution >= 0.6 is 0 Å². The molecular formula is C23H36O2. The molecule has 1 fully saturated rings. The molecule has 0 heterocycles. The van der Waals surface area contributed by atoms with Crippen LogP contribution in [0, 0.1) is 17.3 Å². The van der Waals surface area contributed by atoms with Gasteiger partial charge in [0.1, 0.15) is 6.10 Å². The average molecular weight is 345 g/mol. The van der Waals surface area contributed by atoms with Crippen molar-refractivity contribution in [1.82, 2.24) is 0 Å². The topological polar surface area (TPSA) is 26.3 Å². The lowest BCUT2D eigenvalue weighted by atomic mass is 9.58. The Hall–Kier alpha value is -1.31. The normalized spacial score (nSPS) is 25.2. The standard InChI is InChI=1S/C23H36O2/c1-6-12-19(7-2)25-22(24)20(18-14-9-8-10-15-18)21-17(3)13-11-16-23(21,4)5/h8-10,14-15,17,19-21H,6-7,11-13,16H2,1-5H3/t17-,19?,20?,21+/m0/s1. The molecule has 0 N–H and O–H groups in total. The predicted molar refractivity (Wildman–Crippen MR) is 105 cm³/mol. The molecule has 0 bridgehead atoms. The smallest absolute Gasteiger partial charge is 0.314 e. The van der Waals surface area contributed by atoms with E-state index in [9.17, 15) is 4.79 Å². The molecule has 140 valence electrons. The zero-order chi connectivity index (χ0) is 18.4. The van der Waals surface area contributed by atoms with Gasteiger partial charge in [-0.25, -0.2) is 0 Å². The van der Waals surface area contributed by atoms with Crippen molar-refractivity contribution in [2.45, 2.75) is 85.2 Å². The van der Waals surface area contributed by atoms with Crippen molar-refractivity contribution in [3.8, 4) is 0 Å². The molecular weight excluding hydrogens is 308 g/mol. The Bertz CT molecular complexity index is 534. The first-order valence-electron chi connectivity index (χ1n) is 10.2. The minimum absolute atomic E-state index is 0.0154. The van der Waals surface area contributed by atoms with Gasteiger partial charge in [-0.2, -0.15) is 0 Å². The first-order valence-corrected chi connectivity index (χ1v) is 10.2. The summed E-state index contributed by atoms with van der Waals surface area (Å²) in [4.78, 5) is 13.3. The van der Waals surface area contributed by atoms with Gasteiger partial charge in [0.15, 0.2) is 0 Å². The zero-order valence-corrected chi connectivity index (χ0v) is 16.8. The number of ether oxygens (including phenoxy) is 1. The van der Waals surface area contributed by atoms with Gasteiger partial charge in [0.2, 0.25) is 0 Å². The molecule has 1 aliphatic carbocycles. The van der Waals surface area contributed by atoms with Crippen molar-refractivity contribution < 1.29 is 9.53 Å². The van der Waals surface area contributed by atoms with Crippen LogP contribution in [0.2, 0.25) is 0 Å². The molecule has 2 rings (SSSR count). The minimum Gasteiger partial charge on any atom is -0.462 e. The second-order valence-electron chi connectivity index (χ2n) is 8.53. The van der Waals surface area contributed by atoms with E-state index in [0.29, 0.717) is 11.8 Å². The highest BCUT2D eigenvalue weighted by Crippen LogP contribution is 2.51. The van der Waals surface area contributed by atoms with E-state index in [1.165, 1.54) is 19.3 Å². The third-order valence-corrected chi connectivity index (χ3v) is 6.12. The van der Waals surface area contributed by atoms with Crippen molar-refractivity contribution in [2.24, 2.45) is 17.3 Å². The molecule has 0 saturated heterocycles. The molecule has 0 aromatic heterocycles. The van der Waals surface area contributed by atoms with Crippen LogP contribution in [0.25, 0.3) is 0 Å². The largest absolute Gasteiger partial charge is 0.462 e. The fourth-order valence-corrected chi connectivity index (χ4v) is 4.83. The van der Waals surface area contributed by atoms with Gasteiger partial charge in [0.05, 0.1) is 5.92 Å². The van der Waals surface area contributed by atoms with Gasteiger partial charge in [0.25, 0.3) is 0 Å². The Morgan fingerprint density at radius 2 is 1.92 bits per heavy atom. The molecule has 1 saturated carbocycles. The van der Waals surface area contributed by atoms with Gasteiger partial charge in [0, 0.05) is 0 Å². The fraction of sp³-hybridized carbons (Fsp3) is 0.696. The molecule has 1 aromatic carbocycles. The van der Waals surface area contributed by atoms with Gasteiger partial charge in [-0.1, -0.05) is 84.2 Å². The lowest BCUT2D eigenvalue weighted by Crippen LogP contribution is -2.41. The summed E-state index contributed by atoms with van der Waals surface area (Å²) in [5, 5.41) is 0. The third-order valence-electron chi connectivity index (χ3n) is 6.12. The molecule has 2 heteroatoms. The zero-order valence-electron chi connectivity index (χ0n) is 16.8. The summed E-state index contributed by atoms with van der Waals surface area (Å²) in [7, 11) is 0. The lowest BCUT2D eigenvalue weighted by Gasteiger charge is -2.46. The Balaban J connectivity index is 2.35. The van der Waals surface area contributed by atoms with Crippen LogP contribution in [-0.4, -0.2) is 12.1 Å². The number of hydrogen-bond donors (Lipinski definition) is 0. The Morgan fingerprint density at radius 1 is 1.24 bits per heavy atom. The first-order chi connectivity index (χ1) is 11.9. The molecule has 2 nitrogen and oxygen atoms in total. The van der Waals surface area contributed by atoms with E-state index in [1.54, 1.807) is 0 Å². The molecule has 2 unspecified atom stereocenters. The average Bonchev–Trinajstić information content (AvgIpc) is 2.58. The summed E-state index contributed by atoms with van der Waals surface area (Å²) in [5.41, 5.74) is 1.27. The van der Waals surface area contributed by atoms with Crippen LogP contribution in [0.1, 0.15) is 84.6 Å². The number of hydrogen-bond acceptors (Lipinski definition) is 2. The first kappa shape index (κ1) is 20.0. The second-order valence-corrected chi connectivity index (χ2v) is 8.53. The number of esters is 1. The van der Waals surface area contributed by atoms with Gasteiger partial charge in [-0.3, -0.25) is 4.79 Å². The Kier molecular flexibility index (Phi) is 7.10. The van der Waals surface area contributed by atoms with E-state index in [0.717, 1.165) is 24.8 Å². The summed E-state index contributed by atoms with van der Waals surface area (Å²) >= 11 is 0. The number of benzene rings is 1. The maximum absolute atomic E-state index is 13.3. The SMILES string of the molecule is CCCC(CC)OC(=O)C(c1ccccc1)[C@H]1[C@@H](C)CCCC1(C)C. The maximum Gasteiger partial charge on any atom is 0.314 e. The molecule has 25 heavy (non-hydrogen) atoms. The molecule has 1 aliphatic rings. The second kappa shape index (κ2) is 8.87. The summed E-state index contributed by atoms with van der Waals surface area (Å²) in [5.74, 6) is 0.693. The van der Waals surface area contributed by atoms with Crippen LogP contribution in [0.5, 0.6) is 0 Å². The summed E-state index contributed by atoms with van der Waals surface area (Å²) in [6, 6.07) is 10.3. The van der Waals surface area contributed by atoms with Crippen LogP contribution in [0.3, 0.4) is 0 Å². The number of rotatable bonds is 7. The molecule has 0 radical (unpaired) electrons. The van der Waals surface area contributed by atoms with Crippen molar-refractivity contribution in [2.75, 3.05) is 0 Å². The van der Waals surface area contributed by atoms with Gasteiger partial charge in [-0.15, -0.1) is 0 Å². The van der Waals surface area contributed by atoms with Gasteiger partial charge >= 0.3 is 5.97 Å². The van der Waals surface area contributed by atoms with E-state index in [4.69, 9.17) is 4.74 Å². The molecule has 0 amide bonds. The van der Waals surface area contributed by atoms with Gasteiger partial charge < -0.3 is 4.74 Å². The van der Waals surface area contributed by atoms with Crippen LogP contribution in [0.15, 0.2) is 30.3 Å². The highest BCUT2D eigenvalue weighted by atomic mass is 16.5.